The van der Waals surface area contributed by atoms with E-state index in [9.17, 15) is 4.79 Å². The van der Waals surface area contributed by atoms with E-state index in [1.165, 1.54) is 0 Å². The van der Waals surface area contributed by atoms with E-state index in [0.29, 0.717) is 19.4 Å². The van der Waals surface area contributed by atoms with Gasteiger partial charge in [0, 0.05) is 18.2 Å². The lowest BCUT2D eigenvalue weighted by atomic mass is 10.1. The van der Waals surface area contributed by atoms with Gasteiger partial charge in [-0.2, -0.15) is 5.10 Å². The molecular weight excluding hydrogens is 332 g/mol. The molecule has 136 valence electrons. The first kappa shape index (κ1) is 17.7. The lowest BCUT2D eigenvalue weighted by Gasteiger charge is -2.04. The second-order valence-electron chi connectivity index (χ2n) is 6.03. The van der Waals surface area contributed by atoms with E-state index in [2.05, 4.69) is 15.6 Å². The van der Waals surface area contributed by atoms with Gasteiger partial charge in [-0.25, -0.2) is 4.68 Å². The minimum absolute atomic E-state index is 0.0241. The Kier molecular flexibility index (Phi) is 5.36. The summed E-state index contributed by atoms with van der Waals surface area (Å²) in [4.78, 5) is 12.1. The summed E-state index contributed by atoms with van der Waals surface area (Å²) in [7, 11) is 1.63. The van der Waals surface area contributed by atoms with Gasteiger partial charge in [0.2, 0.25) is 5.91 Å². The van der Waals surface area contributed by atoms with Gasteiger partial charge < -0.3 is 14.6 Å². The molecular formula is C19H22N4O3. The Morgan fingerprint density at radius 1 is 1.23 bits per heavy atom. The number of hydrogen-bond acceptors (Lipinski definition) is 5. The molecule has 1 N–H and O–H groups in total. The monoisotopic (exact) mass is 354 g/mol. The Hall–Kier alpha value is -3.09. The number of rotatable bonds is 7. The number of carbonyl (C=O) groups is 1. The summed E-state index contributed by atoms with van der Waals surface area (Å²) in [6.45, 7) is 4.14. The van der Waals surface area contributed by atoms with Gasteiger partial charge in [0.05, 0.1) is 30.7 Å². The minimum atomic E-state index is -0.0241. The second-order valence-corrected chi connectivity index (χ2v) is 6.03. The van der Waals surface area contributed by atoms with Crippen molar-refractivity contribution in [1.29, 1.82) is 0 Å². The highest BCUT2D eigenvalue weighted by Crippen LogP contribution is 2.15. The topological polar surface area (TPSA) is 82.2 Å². The quantitative estimate of drug-likeness (QED) is 0.705. The summed E-state index contributed by atoms with van der Waals surface area (Å²) in [5, 5.41) is 11.3. The zero-order valence-corrected chi connectivity index (χ0v) is 15.2. The fourth-order valence-electron chi connectivity index (χ4n) is 2.71. The van der Waals surface area contributed by atoms with Crippen molar-refractivity contribution < 1.29 is 14.1 Å². The molecule has 0 spiro atoms. The number of ether oxygens (including phenoxy) is 1. The van der Waals surface area contributed by atoms with Gasteiger partial charge in [0.25, 0.3) is 0 Å². The molecule has 7 nitrogen and oxygen atoms in total. The fourth-order valence-corrected chi connectivity index (χ4v) is 2.71. The first-order chi connectivity index (χ1) is 12.6. The van der Waals surface area contributed by atoms with Crippen LogP contribution in [0.4, 0.5) is 0 Å². The zero-order valence-electron chi connectivity index (χ0n) is 15.2. The molecule has 2 heterocycles. The number of nitrogens with zero attached hydrogens (tertiary/aromatic N) is 3. The van der Waals surface area contributed by atoms with Gasteiger partial charge in [0.1, 0.15) is 11.5 Å². The van der Waals surface area contributed by atoms with Gasteiger partial charge in [0.15, 0.2) is 0 Å². The molecule has 26 heavy (non-hydrogen) atoms. The first-order valence-electron chi connectivity index (χ1n) is 8.44. The van der Waals surface area contributed by atoms with Gasteiger partial charge in [-0.1, -0.05) is 5.16 Å². The molecule has 0 aliphatic carbocycles. The van der Waals surface area contributed by atoms with Crippen LogP contribution in [0.5, 0.6) is 5.75 Å². The Labute approximate surface area is 151 Å². The molecule has 3 rings (SSSR count). The van der Waals surface area contributed by atoms with Gasteiger partial charge in [-0.05, 0) is 50.6 Å². The van der Waals surface area contributed by atoms with E-state index in [0.717, 1.165) is 34.1 Å². The van der Waals surface area contributed by atoms with Crippen molar-refractivity contribution in [2.75, 3.05) is 7.11 Å². The number of hydrogen-bond donors (Lipinski definition) is 1. The standard InChI is InChI=1S/C19H22N4O3/c1-13-18(14(2)26-22-13)8-9-19(24)20-12-15-10-11-23(21-15)16-4-6-17(25-3)7-5-16/h4-7,10-11H,8-9,12H2,1-3H3,(H,20,24). The number of aromatic nitrogens is 3. The third-order valence-electron chi connectivity index (χ3n) is 4.23. The van der Waals surface area contributed by atoms with Crippen molar-refractivity contribution in [1.82, 2.24) is 20.3 Å². The Balaban J connectivity index is 1.52. The van der Waals surface area contributed by atoms with E-state index in [4.69, 9.17) is 9.26 Å². The molecule has 0 radical (unpaired) electrons. The van der Waals surface area contributed by atoms with E-state index >= 15 is 0 Å². The van der Waals surface area contributed by atoms with E-state index in [1.54, 1.807) is 11.8 Å². The summed E-state index contributed by atoms with van der Waals surface area (Å²) < 4.78 is 12.0. The normalized spacial score (nSPS) is 10.7. The third kappa shape index (κ3) is 4.11. The SMILES string of the molecule is COc1ccc(-n2ccc(CNC(=O)CCc3c(C)noc3C)n2)cc1. The van der Waals surface area contributed by atoms with Gasteiger partial charge in [-0.3, -0.25) is 4.79 Å². The molecule has 0 aliphatic heterocycles. The number of aryl methyl sites for hydroxylation is 2. The van der Waals surface area contributed by atoms with Crippen molar-refractivity contribution in [2.45, 2.75) is 33.2 Å². The van der Waals surface area contributed by atoms with Crippen molar-refractivity contribution in [3.8, 4) is 11.4 Å². The van der Waals surface area contributed by atoms with Crippen LogP contribution >= 0.6 is 0 Å². The van der Waals surface area contributed by atoms with E-state index in [-0.39, 0.29) is 5.91 Å². The van der Waals surface area contributed by atoms with Crippen LogP contribution in [0.15, 0.2) is 41.1 Å². The molecule has 0 fully saturated rings. The number of carbonyl (C=O) groups excluding carboxylic acids is 1. The van der Waals surface area contributed by atoms with Crippen LogP contribution in [-0.2, 0) is 17.8 Å². The summed E-state index contributed by atoms with van der Waals surface area (Å²) in [6.07, 6.45) is 2.88. The molecule has 1 aromatic carbocycles. The van der Waals surface area contributed by atoms with Crippen LogP contribution in [0.1, 0.15) is 29.1 Å². The number of amides is 1. The molecule has 7 heteroatoms. The van der Waals surface area contributed by atoms with Crippen molar-refractivity contribution in [3.05, 3.63) is 59.2 Å². The molecule has 0 saturated heterocycles. The zero-order chi connectivity index (χ0) is 18.5. The molecule has 3 aromatic rings. The van der Waals surface area contributed by atoms with Gasteiger partial charge >= 0.3 is 0 Å². The smallest absolute Gasteiger partial charge is 0.220 e. The highest BCUT2D eigenvalue weighted by atomic mass is 16.5. The highest BCUT2D eigenvalue weighted by Gasteiger charge is 2.11. The predicted molar refractivity (Wildman–Crippen MR) is 96.3 cm³/mol. The molecule has 0 atom stereocenters. The molecule has 0 bridgehead atoms. The highest BCUT2D eigenvalue weighted by molar-refractivity contribution is 5.76. The van der Waals surface area contributed by atoms with Gasteiger partial charge in [-0.15, -0.1) is 0 Å². The second kappa shape index (κ2) is 7.86. The average Bonchev–Trinajstić information content (AvgIpc) is 3.25. The largest absolute Gasteiger partial charge is 0.497 e. The van der Waals surface area contributed by atoms with E-state index < -0.39 is 0 Å². The fraction of sp³-hybridized carbons (Fsp3) is 0.316. The van der Waals surface area contributed by atoms with Crippen molar-refractivity contribution in [3.63, 3.8) is 0 Å². The minimum Gasteiger partial charge on any atom is -0.497 e. The maximum atomic E-state index is 12.1. The van der Waals surface area contributed by atoms with Crippen LogP contribution in [0.3, 0.4) is 0 Å². The molecule has 0 saturated carbocycles. The Morgan fingerprint density at radius 2 is 2.00 bits per heavy atom. The summed E-state index contributed by atoms with van der Waals surface area (Å²) in [5.41, 5.74) is 3.57. The van der Waals surface area contributed by atoms with Crippen LogP contribution in [-0.4, -0.2) is 28.0 Å². The lowest BCUT2D eigenvalue weighted by Crippen LogP contribution is -2.23. The van der Waals surface area contributed by atoms with E-state index in [1.807, 2.05) is 50.4 Å². The number of methoxy groups -OCH3 is 1. The van der Waals surface area contributed by atoms with Crippen LogP contribution in [0.25, 0.3) is 5.69 Å². The molecule has 1 amide bonds. The molecule has 0 aliphatic rings. The first-order valence-corrected chi connectivity index (χ1v) is 8.44. The van der Waals surface area contributed by atoms with Crippen LogP contribution < -0.4 is 10.1 Å². The third-order valence-corrected chi connectivity index (χ3v) is 4.23. The maximum absolute atomic E-state index is 12.1. The van der Waals surface area contributed by atoms with Crippen LogP contribution in [0.2, 0.25) is 0 Å². The molecule has 2 aromatic heterocycles. The van der Waals surface area contributed by atoms with Crippen LogP contribution in [0, 0.1) is 13.8 Å². The average molecular weight is 354 g/mol. The summed E-state index contributed by atoms with van der Waals surface area (Å²) >= 11 is 0. The van der Waals surface area contributed by atoms with Crippen molar-refractivity contribution >= 4 is 5.91 Å². The summed E-state index contributed by atoms with van der Waals surface area (Å²) in [6, 6.07) is 9.51. The Morgan fingerprint density at radius 3 is 2.65 bits per heavy atom. The Bertz CT molecular complexity index is 861. The summed E-state index contributed by atoms with van der Waals surface area (Å²) in [5.74, 6) is 1.55. The maximum Gasteiger partial charge on any atom is 0.220 e. The lowest BCUT2D eigenvalue weighted by molar-refractivity contribution is -0.121. The number of nitrogens with one attached hydrogen (secondary N) is 1. The molecule has 0 unspecified atom stereocenters. The predicted octanol–water partition coefficient (Wildman–Crippen LogP) is 2.73. The number of benzene rings is 1. The van der Waals surface area contributed by atoms with Crippen molar-refractivity contribution in [2.24, 2.45) is 0 Å².